The van der Waals surface area contributed by atoms with Gasteiger partial charge >= 0.3 is 17.9 Å². The van der Waals surface area contributed by atoms with E-state index in [1.165, 1.54) is 64.2 Å². The first kappa shape index (κ1) is 52.9. The van der Waals surface area contributed by atoms with Crippen LogP contribution in [0.3, 0.4) is 0 Å². The molecule has 0 aliphatic heterocycles. The molecule has 0 N–H and O–H groups in total. The van der Waals surface area contributed by atoms with Crippen molar-refractivity contribution in [2.75, 3.05) is 13.2 Å². The largest absolute Gasteiger partial charge is 0.462 e. The Morgan fingerprint density at radius 3 is 1.14 bits per heavy atom. The van der Waals surface area contributed by atoms with Gasteiger partial charge in [-0.3, -0.25) is 14.4 Å². The summed E-state index contributed by atoms with van der Waals surface area (Å²) in [5.74, 6) is -0.969. The zero-order valence-corrected chi connectivity index (χ0v) is 36.4. The molecule has 0 saturated heterocycles. The lowest BCUT2D eigenvalue weighted by molar-refractivity contribution is -0.167. The van der Waals surface area contributed by atoms with Crippen LogP contribution in [-0.2, 0) is 28.6 Å². The fraction of sp³-hybridized carbons (Fsp3) is 0.700. The lowest BCUT2D eigenvalue weighted by Crippen LogP contribution is -2.30. The van der Waals surface area contributed by atoms with Gasteiger partial charge in [-0.2, -0.15) is 0 Å². The fourth-order valence-electron chi connectivity index (χ4n) is 6.02. The average molecular weight is 781 g/mol. The summed E-state index contributed by atoms with van der Waals surface area (Å²) in [6.07, 6.45) is 54.7. The first-order valence-corrected chi connectivity index (χ1v) is 22.9. The molecule has 320 valence electrons. The molecule has 6 nitrogen and oxygen atoms in total. The summed E-state index contributed by atoms with van der Waals surface area (Å²) in [6, 6.07) is 0. The van der Waals surface area contributed by atoms with Crippen LogP contribution in [0.5, 0.6) is 0 Å². The Kier molecular flexibility index (Phi) is 42.1. The van der Waals surface area contributed by atoms with Crippen LogP contribution in [0, 0.1) is 0 Å². The molecule has 1 unspecified atom stereocenters. The second-order valence-electron chi connectivity index (χ2n) is 14.9. The second-order valence-corrected chi connectivity index (χ2v) is 14.9. The number of carbonyl (C=O) groups excluding carboxylic acids is 3. The van der Waals surface area contributed by atoms with Crippen LogP contribution in [0.1, 0.15) is 207 Å². The summed E-state index contributed by atoms with van der Waals surface area (Å²) in [4.78, 5) is 37.7. The number of allylic oxidation sites excluding steroid dienone is 12. The number of esters is 3. The number of rotatable bonds is 40. The second kappa shape index (κ2) is 44.6. The van der Waals surface area contributed by atoms with E-state index in [1.54, 1.807) is 0 Å². The minimum Gasteiger partial charge on any atom is -0.462 e. The molecule has 0 aliphatic rings. The monoisotopic (exact) mass is 781 g/mol. The van der Waals surface area contributed by atoms with Crippen LogP contribution in [0.4, 0.5) is 0 Å². The van der Waals surface area contributed by atoms with Gasteiger partial charge in [-0.05, 0) is 103 Å². The standard InChI is InChI=1S/C50H84O6/c1-4-7-10-13-16-19-21-23-25-27-28-31-34-37-40-43-49(52)55-46-47(45-54-48(51)42-39-36-33-30-18-15-12-9-6-3)56-50(53)44-41-38-35-32-29-26-24-22-20-17-14-11-8-5-2/h8-9,11-12,17-21,24,26,30,47H,4-7,10,13-16,22-23,25,27-29,31-46H2,1-3H3/b11-8-,12-9-,20-17-,21-19-,26-24-,30-18-. The molecule has 0 heterocycles. The molecular formula is C50H84O6. The highest BCUT2D eigenvalue weighted by molar-refractivity contribution is 5.71. The van der Waals surface area contributed by atoms with Crippen LogP contribution in [0.25, 0.3) is 0 Å². The van der Waals surface area contributed by atoms with Gasteiger partial charge in [-0.25, -0.2) is 0 Å². The number of hydrogen-bond acceptors (Lipinski definition) is 6. The molecule has 0 aliphatic carbocycles. The van der Waals surface area contributed by atoms with Crippen molar-refractivity contribution in [2.45, 2.75) is 213 Å². The Morgan fingerprint density at radius 2 is 0.696 bits per heavy atom. The molecule has 0 saturated carbocycles. The first-order chi connectivity index (χ1) is 27.5. The molecule has 56 heavy (non-hydrogen) atoms. The number of unbranched alkanes of at least 4 members (excludes halogenated alkanes) is 17. The van der Waals surface area contributed by atoms with Crippen molar-refractivity contribution >= 4 is 17.9 Å². The Balaban J connectivity index is 4.42. The van der Waals surface area contributed by atoms with Gasteiger partial charge in [0.1, 0.15) is 13.2 Å². The first-order valence-electron chi connectivity index (χ1n) is 22.9. The van der Waals surface area contributed by atoms with Crippen molar-refractivity contribution in [2.24, 2.45) is 0 Å². The van der Waals surface area contributed by atoms with E-state index in [0.717, 1.165) is 103 Å². The Hall–Kier alpha value is -3.15. The van der Waals surface area contributed by atoms with Gasteiger partial charge in [0.25, 0.3) is 0 Å². The van der Waals surface area contributed by atoms with Gasteiger partial charge in [-0.1, -0.05) is 158 Å². The minimum absolute atomic E-state index is 0.0979. The van der Waals surface area contributed by atoms with E-state index in [4.69, 9.17) is 14.2 Å². The highest BCUT2D eigenvalue weighted by atomic mass is 16.6. The van der Waals surface area contributed by atoms with Gasteiger partial charge in [0.05, 0.1) is 0 Å². The summed E-state index contributed by atoms with van der Waals surface area (Å²) in [6.45, 7) is 6.31. The molecular weight excluding hydrogens is 697 g/mol. The maximum Gasteiger partial charge on any atom is 0.306 e. The van der Waals surface area contributed by atoms with Crippen molar-refractivity contribution in [1.82, 2.24) is 0 Å². The predicted molar refractivity (Wildman–Crippen MR) is 238 cm³/mol. The average Bonchev–Trinajstić information content (AvgIpc) is 3.19. The maximum absolute atomic E-state index is 12.7. The van der Waals surface area contributed by atoms with Crippen molar-refractivity contribution in [1.29, 1.82) is 0 Å². The predicted octanol–water partition coefficient (Wildman–Crippen LogP) is 14.7. The smallest absolute Gasteiger partial charge is 0.306 e. The summed E-state index contributed by atoms with van der Waals surface area (Å²) < 4.78 is 16.6. The van der Waals surface area contributed by atoms with Crippen LogP contribution < -0.4 is 0 Å². The van der Waals surface area contributed by atoms with Gasteiger partial charge in [0.2, 0.25) is 0 Å². The SMILES string of the molecule is CC/C=C\C/C=C\C/C=C\CCCCCCC(=O)OC(COC(=O)CCCC/C=C\C/C=C\CC)COC(=O)CCCCCCCCC/C=C\CCCCCC. The van der Waals surface area contributed by atoms with Gasteiger partial charge in [0.15, 0.2) is 6.10 Å². The third kappa shape index (κ3) is 42.0. The molecule has 0 bridgehead atoms. The highest BCUT2D eigenvalue weighted by Gasteiger charge is 2.19. The molecule has 0 radical (unpaired) electrons. The van der Waals surface area contributed by atoms with Crippen molar-refractivity contribution < 1.29 is 28.6 Å². The summed E-state index contributed by atoms with van der Waals surface area (Å²) in [7, 11) is 0. The van der Waals surface area contributed by atoms with E-state index in [-0.39, 0.29) is 31.1 Å². The summed E-state index contributed by atoms with van der Waals surface area (Å²) >= 11 is 0. The van der Waals surface area contributed by atoms with E-state index >= 15 is 0 Å². The molecule has 0 aromatic heterocycles. The lowest BCUT2D eigenvalue weighted by atomic mass is 10.1. The zero-order valence-electron chi connectivity index (χ0n) is 36.4. The normalized spacial score (nSPS) is 12.7. The maximum atomic E-state index is 12.7. The quantitative estimate of drug-likeness (QED) is 0.0267. The summed E-state index contributed by atoms with van der Waals surface area (Å²) in [5, 5.41) is 0. The Labute approximate surface area is 344 Å². The van der Waals surface area contributed by atoms with Crippen LogP contribution >= 0.6 is 0 Å². The number of ether oxygens (including phenoxy) is 3. The molecule has 0 aromatic rings. The molecule has 0 fully saturated rings. The van der Waals surface area contributed by atoms with E-state index in [0.29, 0.717) is 19.3 Å². The molecule has 0 aromatic carbocycles. The number of carbonyl (C=O) groups is 3. The van der Waals surface area contributed by atoms with Crippen molar-refractivity contribution in [3.8, 4) is 0 Å². The molecule has 6 heteroatoms. The molecule has 1 atom stereocenters. The van der Waals surface area contributed by atoms with Crippen LogP contribution in [0.15, 0.2) is 72.9 Å². The molecule has 0 spiro atoms. The van der Waals surface area contributed by atoms with Gasteiger partial charge in [0, 0.05) is 19.3 Å². The third-order valence-corrected chi connectivity index (χ3v) is 9.43. The Morgan fingerprint density at radius 1 is 0.375 bits per heavy atom. The van der Waals surface area contributed by atoms with E-state index in [1.807, 2.05) is 0 Å². The molecule has 0 rings (SSSR count). The summed E-state index contributed by atoms with van der Waals surface area (Å²) in [5.41, 5.74) is 0. The number of hydrogen-bond donors (Lipinski definition) is 0. The fourth-order valence-corrected chi connectivity index (χ4v) is 6.02. The topological polar surface area (TPSA) is 78.9 Å². The zero-order chi connectivity index (χ0) is 40.8. The third-order valence-electron chi connectivity index (χ3n) is 9.43. The van der Waals surface area contributed by atoms with E-state index < -0.39 is 6.10 Å². The Bertz CT molecular complexity index is 1080. The van der Waals surface area contributed by atoms with E-state index in [2.05, 4.69) is 93.7 Å². The minimum atomic E-state index is -0.799. The van der Waals surface area contributed by atoms with Gasteiger partial charge in [-0.15, -0.1) is 0 Å². The highest BCUT2D eigenvalue weighted by Crippen LogP contribution is 2.13. The molecule has 0 amide bonds. The van der Waals surface area contributed by atoms with Crippen molar-refractivity contribution in [3.05, 3.63) is 72.9 Å². The van der Waals surface area contributed by atoms with Crippen LogP contribution in [0.2, 0.25) is 0 Å². The van der Waals surface area contributed by atoms with Crippen molar-refractivity contribution in [3.63, 3.8) is 0 Å². The van der Waals surface area contributed by atoms with Gasteiger partial charge < -0.3 is 14.2 Å². The lowest BCUT2D eigenvalue weighted by Gasteiger charge is -2.18. The van der Waals surface area contributed by atoms with E-state index in [9.17, 15) is 14.4 Å². The van der Waals surface area contributed by atoms with Crippen LogP contribution in [-0.4, -0.2) is 37.2 Å².